The second-order valence-electron chi connectivity index (χ2n) is 4.12. The van der Waals surface area contributed by atoms with E-state index in [0.29, 0.717) is 12.2 Å². The van der Waals surface area contributed by atoms with Gasteiger partial charge in [-0.25, -0.2) is 4.39 Å². The van der Waals surface area contributed by atoms with Crippen LogP contribution in [0.3, 0.4) is 0 Å². The summed E-state index contributed by atoms with van der Waals surface area (Å²) in [5.74, 6) is 0.268. The Bertz CT molecular complexity index is 318. The molecule has 0 amide bonds. The molecule has 2 N–H and O–H groups in total. The smallest absolute Gasteiger partial charge is 0.126 e. The predicted molar refractivity (Wildman–Crippen MR) is 54.9 cm³/mol. The lowest BCUT2D eigenvalue weighted by Crippen LogP contribution is -2.34. The molecule has 0 heterocycles. The van der Waals surface area contributed by atoms with E-state index in [2.05, 4.69) is 0 Å². The van der Waals surface area contributed by atoms with Gasteiger partial charge in [-0.3, -0.25) is 0 Å². The van der Waals surface area contributed by atoms with Gasteiger partial charge in [-0.2, -0.15) is 0 Å². The van der Waals surface area contributed by atoms with Crippen LogP contribution in [0.4, 0.5) is 4.39 Å². The van der Waals surface area contributed by atoms with Crippen LogP contribution < -0.4 is 10.5 Å². The van der Waals surface area contributed by atoms with Gasteiger partial charge in [0.05, 0.1) is 7.11 Å². The molecule has 0 aliphatic carbocycles. The lowest BCUT2D eigenvalue weighted by Gasteiger charge is -2.19. The van der Waals surface area contributed by atoms with Crippen LogP contribution in [0.2, 0.25) is 0 Å². The Labute approximate surface area is 83.9 Å². The Morgan fingerprint density at radius 3 is 2.57 bits per heavy atom. The maximum Gasteiger partial charge on any atom is 0.126 e. The van der Waals surface area contributed by atoms with Crippen LogP contribution in [-0.2, 0) is 6.42 Å². The molecule has 78 valence electrons. The highest BCUT2D eigenvalue weighted by Gasteiger charge is 2.15. The van der Waals surface area contributed by atoms with E-state index in [1.54, 1.807) is 6.07 Å². The van der Waals surface area contributed by atoms with Crippen LogP contribution in [0, 0.1) is 5.82 Å². The van der Waals surface area contributed by atoms with E-state index in [9.17, 15) is 4.39 Å². The van der Waals surface area contributed by atoms with Gasteiger partial charge in [-0.1, -0.05) is 6.07 Å². The van der Waals surface area contributed by atoms with E-state index in [1.165, 1.54) is 19.2 Å². The van der Waals surface area contributed by atoms with Crippen LogP contribution in [0.15, 0.2) is 18.2 Å². The standard InChI is InChI=1S/C11H16FNO/c1-11(2,13)7-8-4-5-9(12)6-10(8)14-3/h4-6H,7,13H2,1-3H3. The highest BCUT2D eigenvalue weighted by molar-refractivity contribution is 5.35. The predicted octanol–water partition coefficient (Wildman–Crippen LogP) is 2.11. The summed E-state index contributed by atoms with van der Waals surface area (Å²) in [6, 6.07) is 4.51. The fourth-order valence-electron chi connectivity index (χ4n) is 1.36. The average Bonchev–Trinajstić information content (AvgIpc) is 2.06. The Hall–Kier alpha value is -1.09. The number of methoxy groups -OCH3 is 1. The molecule has 1 rings (SSSR count). The Balaban J connectivity index is 2.97. The van der Waals surface area contributed by atoms with Gasteiger partial charge in [-0.05, 0) is 31.9 Å². The zero-order valence-electron chi connectivity index (χ0n) is 8.80. The van der Waals surface area contributed by atoms with Crippen molar-refractivity contribution in [2.24, 2.45) is 5.73 Å². The van der Waals surface area contributed by atoms with E-state index in [4.69, 9.17) is 10.5 Å². The summed E-state index contributed by atoms with van der Waals surface area (Å²) < 4.78 is 17.9. The molecule has 2 nitrogen and oxygen atoms in total. The summed E-state index contributed by atoms with van der Waals surface area (Å²) in [5.41, 5.74) is 6.50. The maximum absolute atomic E-state index is 12.9. The molecule has 0 saturated carbocycles. The molecule has 3 heteroatoms. The van der Waals surface area contributed by atoms with Crippen LogP contribution in [0.25, 0.3) is 0 Å². The first-order valence-electron chi connectivity index (χ1n) is 4.54. The van der Waals surface area contributed by atoms with Crippen molar-refractivity contribution in [2.75, 3.05) is 7.11 Å². The number of hydrogen-bond acceptors (Lipinski definition) is 2. The molecule has 0 spiro atoms. The zero-order chi connectivity index (χ0) is 10.8. The van der Waals surface area contributed by atoms with Crippen molar-refractivity contribution < 1.29 is 9.13 Å². The lowest BCUT2D eigenvalue weighted by atomic mass is 9.95. The lowest BCUT2D eigenvalue weighted by molar-refractivity contribution is 0.399. The van der Waals surface area contributed by atoms with Gasteiger partial charge >= 0.3 is 0 Å². The molecular weight excluding hydrogens is 181 g/mol. The minimum Gasteiger partial charge on any atom is -0.496 e. The SMILES string of the molecule is COc1cc(F)ccc1CC(C)(C)N. The molecule has 0 atom stereocenters. The van der Waals surface area contributed by atoms with E-state index < -0.39 is 0 Å². The van der Waals surface area contributed by atoms with E-state index in [-0.39, 0.29) is 11.4 Å². The van der Waals surface area contributed by atoms with E-state index in [1.807, 2.05) is 13.8 Å². The van der Waals surface area contributed by atoms with Crippen molar-refractivity contribution in [3.8, 4) is 5.75 Å². The van der Waals surface area contributed by atoms with Gasteiger partial charge in [0, 0.05) is 11.6 Å². The summed E-state index contributed by atoms with van der Waals surface area (Å²) in [6.45, 7) is 3.85. The highest BCUT2D eigenvalue weighted by atomic mass is 19.1. The third-order valence-electron chi connectivity index (χ3n) is 1.90. The number of rotatable bonds is 3. The second kappa shape index (κ2) is 3.96. The molecule has 0 aromatic heterocycles. The first kappa shape index (κ1) is 11.0. The molecular formula is C11H16FNO. The number of ether oxygens (including phenoxy) is 1. The number of hydrogen-bond donors (Lipinski definition) is 1. The van der Waals surface area contributed by atoms with Crippen LogP contribution >= 0.6 is 0 Å². The van der Waals surface area contributed by atoms with Crippen LogP contribution in [0.5, 0.6) is 5.75 Å². The number of benzene rings is 1. The van der Waals surface area contributed by atoms with Crippen molar-refractivity contribution in [3.63, 3.8) is 0 Å². The van der Waals surface area contributed by atoms with Gasteiger partial charge < -0.3 is 10.5 Å². The van der Waals surface area contributed by atoms with E-state index >= 15 is 0 Å². The number of nitrogens with two attached hydrogens (primary N) is 1. The average molecular weight is 197 g/mol. The zero-order valence-corrected chi connectivity index (χ0v) is 8.80. The van der Waals surface area contributed by atoms with Crippen LogP contribution in [-0.4, -0.2) is 12.6 Å². The van der Waals surface area contributed by atoms with Crippen molar-refractivity contribution in [1.29, 1.82) is 0 Å². The molecule has 0 fully saturated rings. The first-order valence-corrected chi connectivity index (χ1v) is 4.54. The van der Waals surface area contributed by atoms with Gasteiger partial charge in [0.1, 0.15) is 11.6 Å². The Kier molecular flexibility index (Phi) is 3.11. The minimum absolute atomic E-state index is 0.291. The fraction of sp³-hybridized carbons (Fsp3) is 0.455. The summed E-state index contributed by atoms with van der Waals surface area (Å²) in [6.07, 6.45) is 0.663. The summed E-state index contributed by atoms with van der Waals surface area (Å²) >= 11 is 0. The van der Waals surface area contributed by atoms with Crippen molar-refractivity contribution in [2.45, 2.75) is 25.8 Å². The molecule has 0 aliphatic heterocycles. The quantitative estimate of drug-likeness (QED) is 0.805. The molecule has 0 aliphatic rings. The Morgan fingerprint density at radius 1 is 1.43 bits per heavy atom. The van der Waals surface area contributed by atoms with E-state index in [0.717, 1.165) is 5.56 Å². The van der Waals surface area contributed by atoms with Crippen molar-refractivity contribution in [1.82, 2.24) is 0 Å². The fourth-order valence-corrected chi connectivity index (χ4v) is 1.36. The van der Waals surface area contributed by atoms with Gasteiger partial charge in [0.2, 0.25) is 0 Å². The molecule has 1 aromatic carbocycles. The minimum atomic E-state index is -0.314. The molecule has 0 unspecified atom stereocenters. The molecule has 0 saturated heterocycles. The molecule has 0 bridgehead atoms. The maximum atomic E-state index is 12.9. The summed E-state index contributed by atoms with van der Waals surface area (Å²) in [5, 5.41) is 0. The highest BCUT2D eigenvalue weighted by Crippen LogP contribution is 2.22. The third kappa shape index (κ3) is 3.00. The monoisotopic (exact) mass is 197 g/mol. The largest absolute Gasteiger partial charge is 0.496 e. The molecule has 14 heavy (non-hydrogen) atoms. The van der Waals surface area contributed by atoms with Crippen molar-refractivity contribution in [3.05, 3.63) is 29.6 Å². The number of halogens is 1. The third-order valence-corrected chi connectivity index (χ3v) is 1.90. The summed E-state index contributed by atoms with van der Waals surface area (Å²) in [4.78, 5) is 0. The second-order valence-corrected chi connectivity index (χ2v) is 4.12. The normalized spacial score (nSPS) is 11.5. The molecule has 1 aromatic rings. The Morgan fingerprint density at radius 2 is 2.07 bits per heavy atom. The van der Waals surface area contributed by atoms with Gasteiger partial charge in [0.25, 0.3) is 0 Å². The van der Waals surface area contributed by atoms with Crippen molar-refractivity contribution >= 4 is 0 Å². The molecule has 0 radical (unpaired) electrons. The van der Waals surface area contributed by atoms with Crippen LogP contribution in [0.1, 0.15) is 19.4 Å². The van der Waals surface area contributed by atoms with Gasteiger partial charge in [-0.15, -0.1) is 0 Å². The topological polar surface area (TPSA) is 35.2 Å². The first-order chi connectivity index (χ1) is 6.42. The summed E-state index contributed by atoms with van der Waals surface area (Å²) in [7, 11) is 1.53. The van der Waals surface area contributed by atoms with Gasteiger partial charge in [0.15, 0.2) is 0 Å².